The van der Waals surface area contributed by atoms with E-state index in [1.807, 2.05) is 4.90 Å². The highest BCUT2D eigenvalue weighted by Crippen LogP contribution is 2.11. The van der Waals surface area contributed by atoms with Crippen LogP contribution >= 0.6 is 0 Å². The zero-order valence-corrected chi connectivity index (χ0v) is 8.29. The molecular weight excluding hydrogens is 178 g/mol. The summed E-state index contributed by atoms with van der Waals surface area (Å²) in [5, 5.41) is 0. The van der Waals surface area contributed by atoms with Crippen molar-refractivity contribution in [3.8, 4) is 11.8 Å². The highest BCUT2D eigenvalue weighted by atomic mass is 16.5. The van der Waals surface area contributed by atoms with E-state index in [0.29, 0.717) is 0 Å². The number of carbonyl (C=O) groups is 1. The summed E-state index contributed by atoms with van der Waals surface area (Å²) in [6.07, 6.45) is 4.28. The first-order valence-electron chi connectivity index (χ1n) is 5.28. The van der Waals surface area contributed by atoms with Gasteiger partial charge in [-0.15, -0.1) is 0 Å². The molecule has 3 nitrogen and oxygen atoms in total. The van der Waals surface area contributed by atoms with Crippen LogP contribution in [0.1, 0.15) is 25.7 Å². The molecule has 0 radical (unpaired) electrons. The third kappa shape index (κ3) is 2.27. The summed E-state index contributed by atoms with van der Waals surface area (Å²) >= 11 is 0. The van der Waals surface area contributed by atoms with Crippen LogP contribution in [0, 0.1) is 11.8 Å². The highest BCUT2D eigenvalue weighted by Gasteiger charge is 2.17. The minimum Gasteiger partial charge on any atom is -0.366 e. The molecule has 0 spiro atoms. The molecule has 2 fully saturated rings. The van der Waals surface area contributed by atoms with E-state index < -0.39 is 0 Å². The van der Waals surface area contributed by atoms with Crippen molar-refractivity contribution < 1.29 is 9.53 Å². The largest absolute Gasteiger partial charge is 0.366 e. The fourth-order valence-electron chi connectivity index (χ4n) is 1.83. The summed E-state index contributed by atoms with van der Waals surface area (Å²) in [7, 11) is 0. The number of ether oxygens (including phenoxy) is 1. The molecule has 2 saturated heterocycles. The van der Waals surface area contributed by atoms with Gasteiger partial charge in [0, 0.05) is 19.7 Å². The van der Waals surface area contributed by atoms with Gasteiger partial charge in [0.05, 0.1) is 0 Å². The molecule has 3 heteroatoms. The van der Waals surface area contributed by atoms with Crippen molar-refractivity contribution >= 4 is 5.91 Å². The molecule has 2 heterocycles. The van der Waals surface area contributed by atoms with Crippen molar-refractivity contribution in [2.75, 3.05) is 19.7 Å². The molecular formula is C11H15NO2. The molecule has 2 aliphatic rings. The molecule has 14 heavy (non-hydrogen) atoms. The van der Waals surface area contributed by atoms with Crippen LogP contribution < -0.4 is 0 Å². The molecule has 76 valence electrons. The van der Waals surface area contributed by atoms with Crippen molar-refractivity contribution in [1.29, 1.82) is 0 Å². The monoisotopic (exact) mass is 193 g/mol. The second-order valence-electron chi connectivity index (χ2n) is 3.77. The van der Waals surface area contributed by atoms with Crippen molar-refractivity contribution in [1.82, 2.24) is 4.90 Å². The number of likely N-dealkylation sites (tertiary alicyclic amines) is 1. The zero-order valence-electron chi connectivity index (χ0n) is 8.29. The summed E-state index contributed by atoms with van der Waals surface area (Å²) in [5.41, 5.74) is 0. The van der Waals surface area contributed by atoms with Gasteiger partial charge >= 0.3 is 0 Å². The molecule has 0 saturated carbocycles. The summed E-state index contributed by atoms with van der Waals surface area (Å²) in [4.78, 5) is 13.3. The Morgan fingerprint density at radius 1 is 1.29 bits per heavy atom. The van der Waals surface area contributed by atoms with E-state index in [-0.39, 0.29) is 12.0 Å². The van der Waals surface area contributed by atoms with Gasteiger partial charge in [-0.3, -0.25) is 4.79 Å². The Kier molecular flexibility index (Phi) is 3.05. The maximum absolute atomic E-state index is 11.5. The van der Waals surface area contributed by atoms with Crippen LogP contribution in [0.3, 0.4) is 0 Å². The number of rotatable bonds is 0. The second-order valence-corrected chi connectivity index (χ2v) is 3.77. The molecule has 0 aromatic carbocycles. The van der Waals surface area contributed by atoms with Gasteiger partial charge in [0.2, 0.25) is 0 Å². The SMILES string of the molecule is O=C(C#C[C@@H]1CCCO1)N1CCCC1. The minimum absolute atomic E-state index is 0.00144. The molecule has 2 aliphatic heterocycles. The molecule has 0 N–H and O–H groups in total. The van der Waals surface area contributed by atoms with Crippen molar-refractivity contribution in [2.45, 2.75) is 31.8 Å². The first-order valence-corrected chi connectivity index (χ1v) is 5.28. The topological polar surface area (TPSA) is 29.5 Å². The number of nitrogens with zero attached hydrogens (tertiary/aromatic N) is 1. The van der Waals surface area contributed by atoms with Gasteiger partial charge in [-0.25, -0.2) is 0 Å². The van der Waals surface area contributed by atoms with E-state index in [1.54, 1.807) is 0 Å². The highest BCUT2D eigenvalue weighted by molar-refractivity contribution is 5.93. The van der Waals surface area contributed by atoms with Gasteiger partial charge in [0.15, 0.2) is 0 Å². The predicted octanol–water partition coefficient (Wildman–Crippen LogP) is 0.791. The molecule has 0 aliphatic carbocycles. The smallest absolute Gasteiger partial charge is 0.298 e. The molecule has 0 bridgehead atoms. The Balaban J connectivity index is 1.85. The normalized spacial score (nSPS) is 26.0. The van der Waals surface area contributed by atoms with E-state index in [1.165, 1.54) is 0 Å². The van der Waals surface area contributed by atoms with Crippen LogP contribution in [-0.4, -0.2) is 36.6 Å². The van der Waals surface area contributed by atoms with Crippen LogP contribution in [-0.2, 0) is 9.53 Å². The average molecular weight is 193 g/mol. The van der Waals surface area contributed by atoms with E-state index in [0.717, 1.165) is 45.4 Å². The van der Waals surface area contributed by atoms with Crippen LogP contribution in [0.25, 0.3) is 0 Å². The van der Waals surface area contributed by atoms with Gasteiger partial charge < -0.3 is 9.64 Å². The van der Waals surface area contributed by atoms with Gasteiger partial charge in [-0.05, 0) is 31.6 Å². The third-order valence-electron chi connectivity index (χ3n) is 2.66. The Hall–Kier alpha value is -1.01. The van der Waals surface area contributed by atoms with Crippen LogP contribution in [0.15, 0.2) is 0 Å². The maximum atomic E-state index is 11.5. The van der Waals surface area contributed by atoms with Gasteiger partial charge in [-0.1, -0.05) is 5.92 Å². The Bertz CT molecular complexity index is 265. The predicted molar refractivity (Wildman–Crippen MR) is 52.6 cm³/mol. The summed E-state index contributed by atoms with van der Waals surface area (Å²) in [6.45, 7) is 2.54. The lowest BCUT2D eigenvalue weighted by atomic mass is 10.2. The van der Waals surface area contributed by atoms with Crippen molar-refractivity contribution in [3.63, 3.8) is 0 Å². The number of amides is 1. The van der Waals surface area contributed by atoms with Gasteiger partial charge in [-0.2, -0.15) is 0 Å². The summed E-state index contributed by atoms with van der Waals surface area (Å²) in [5.74, 6) is 5.54. The van der Waals surface area contributed by atoms with E-state index in [9.17, 15) is 4.79 Å². The Morgan fingerprint density at radius 2 is 2.07 bits per heavy atom. The molecule has 0 unspecified atom stereocenters. The van der Waals surface area contributed by atoms with Crippen LogP contribution in [0.2, 0.25) is 0 Å². The lowest BCUT2D eigenvalue weighted by Crippen LogP contribution is -2.26. The quantitative estimate of drug-likeness (QED) is 0.532. The fourth-order valence-corrected chi connectivity index (χ4v) is 1.83. The van der Waals surface area contributed by atoms with Crippen molar-refractivity contribution in [3.05, 3.63) is 0 Å². The molecule has 2 rings (SSSR count). The number of hydrogen-bond donors (Lipinski definition) is 0. The summed E-state index contributed by atoms with van der Waals surface area (Å²) in [6, 6.07) is 0. The Labute approximate surface area is 84.4 Å². The first kappa shape index (κ1) is 9.54. The number of hydrogen-bond acceptors (Lipinski definition) is 2. The van der Waals surface area contributed by atoms with Gasteiger partial charge in [0.1, 0.15) is 6.10 Å². The fraction of sp³-hybridized carbons (Fsp3) is 0.727. The lowest BCUT2D eigenvalue weighted by molar-refractivity contribution is -0.124. The van der Waals surface area contributed by atoms with Crippen molar-refractivity contribution in [2.24, 2.45) is 0 Å². The molecule has 1 amide bonds. The molecule has 0 aromatic rings. The van der Waals surface area contributed by atoms with Gasteiger partial charge in [0.25, 0.3) is 5.91 Å². The van der Waals surface area contributed by atoms with E-state index >= 15 is 0 Å². The molecule has 0 aromatic heterocycles. The van der Waals surface area contributed by atoms with Crippen LogP contribution in [0.4, 0.5) is 0 Å². The zero-order chi connectivity index (χ0) is 9.80. The third-order valence-corrected chi connectivity index (χ3v) is 2.66. The van der Waals surface area contributed by atoms with Crippen LogP contribution in [0.5, 0.6) is 0 Å². The maximum Gasteiger partial charge on any atom is 0.298 e. The standard InChI is InChI=1S/C11H15NO2/c13-11(12-7-1-2-8-12)6-5-10-4-3-9-14-10/h10H,1-4,7-9H2/t10-/m0/s1. The van der Waals surface area contributed by atoms with E-state index in [4.69, 9.17) is 4.74 Å². The average Bonchev–Trinajstić information content (AvgIpc) is 2.87. The Morgan fingerprint density at radius 3 is 2.71 bits per heavy atom. The molecule has 1 atom stereocenters. The first-order chi connectivity index (χ1) is 6.86. The minimum atomic E-state index is -0.0296. The number of carbonyl (C=O) groups excluding carboxylic acids is 1. The summed E-state index contributed by atoms with van der Waals surface area (Å²) < 4.78 is 5.32. The second kappa shape index (κ2) is 4.47. The van der Waals surface area contributed by atoms with E-state index in [2.05, 4.69) is 11.8 Å². The lowest BCUT2D eigenvalue weighted by Gasteiger charge is -2.09.